The monoisotopic (exact) mass is 418 g/mol. The highest BCUT2D eigenvalue weighted by Crippen LogP contribution is 2.42. The van der Waals surface area contributed by atoms with Crippen molar-refractivity contribution in [3.05, 3.63) is 60.0 Å². The van der Waals surface area contributed by atoms with Crippen molar-refractivity contribution in [2.45, 2.75) is 31.5 Å². The average molecular weight is 418 g/mol. The van der Waals surface area contributed by atoms with Crippen LogP contribution in [-0.2, 0) is 0 Å². The summed E-state index contributed by atoms with van der Waals surface area (Å²) in [5.74, 6) is -1.63. The number of aromatic nitrogens is 1. The maximum atomic E-state index is 13.8. The van der Waals surface area contributed by atoms with E-state index in [1.165, 1.54) is 53.6 Å². The Morgan fingerprint density at radius 2 is 1.83 bits per heavy atom. The van der Waals surface area contributed by atoms with E-state index in [9.17, 15) is 27.5 Å². The molecule has 0 radical (unpaired) electrons. The number of alkyl halides is 3. The van der Waals surface area contributed by atoms with Crippen molar-refractivity contribution in [3.8, 4) is 11.1 Å². The fourth-order valence-electron chi connectivity index (χ4n) is 4.01. The fourth-order valence-corrected chi connectivity index (χ4v) is 4.01. The minimum atomic E-state index is -4.42. The summed E-state index contributed by atoms with van der Waals surface area (Å²) in [6.45, 7) is 0.199. The number of benzene rings is 2. The van der Waals surface area contributed by atoms with Crippen LogP contribution in [0, 0.1) is 5.82 Å². The molecule has 156 valence electrons. The molecule has 1 atom stereocenters. The van der Waals surface area contributed by atoms with Crippen LogP contribution in [0.1, 0.15) is 29.6 Å². The fraction of sp³-hybridized carbons (Fsp3) is 0.273. The van der Waals surface area contributed by atoms with Gasteiger partial charge < -0.3 is 10.0 Å². The number of fused-ring (bicyclic) bond motifs is 1. The van der Waals surface area contributed by atoms with E-state index in [0.717, 1.165) is 0 Å². The molecule has 0 amide bonds. The first-order chi connectivity index (χ1) is 14.3. The van der Waals surface area contributed by atoms with Gasteiger partial charge in [-0.1, -0.05) is 12.1 Å². The Bertz CT molecular complexity index is 1100. The molecule has 1 N–H and O–H groups in total. The van der Waals surface area contributed by atoms with Crippen LogP contribution in [0.15, 0.2) is 48.7 Å². The number of anilines is 1. The Kier molecular flexibility index (Phi) is 5.09. The average Bonchev–Trinajstić information content (AvgIpc) is 2.72. The van der Waals surface area contributed by atoms with Crippen molar-refractivity contribution in [2.24, 2.45) is 0 Å². The van der Waals surface area contributed by atoms with Gasteiger partial charge >= 0.3 is 12.1 Å². The normalized spacial score (nSPS) is 17.3. The predicted molar refractivity (Wildman–Crippen MR) is 105 cm³/mol. The Morgan fingerprint density at radius 3 is 2.50 bits per heavy atom. The zero-order valence-electron chi connectivity index (χ0n) is 15.8. The van der Waals surface area contributed by atoms with E-state index in [1.807, 2.05) is 0 Å². The minimum absolute atomic E-state index is 0.00386. The molecule has 1 aliphatic heterocycles. The molecule has 30 heavy (non-hydrogen) atoms. The van der Waals surface area contributed by atoms with E-state index in [2.05, 4.69) is 4.98 Å². The molecule has 0 aliphatic carbocycles. The van der Waals surface area contributed by atoms with Gasteiger partial charge in [0.2, 0.25) is 0 Å². The molecule has 0 saturated carbocycles. The van der Waals surface area contributed by atoms with Crippen LogP contribution in [0.3, 0.4) is 0 Å². The second-order valence-corrected chi connectivity index (χ2v) is 7.31. The second-order valence-electron chi connectivity index (χ2n) is 7.31. The highest BCUT2D eigenvalue weighted by molar-refractivity contribution is 6.04. The quantitative estimate of drug-likeness (QED) is 0.558. The zero-order chi connectivity index (χ0) is 21.5. The lowest BCUT2D eigenvalue weighted by atomic mass is 9.94. The molecule has 4 rings (SSSR count). The molecule has 0 unspecified atom stereocenters. The van der Waals surface area contributed by atoms with E-state index in [-0.39, 0.29) is 24.2 Å². The van der Waals surface area contributed by atoms with E-state index in [0.29, 0.717) is 34.9 Å². The third kappa shape index (κ3) is 3.69. The topological polar surface area (TPSA) is 53.4 Å². The van der Waals surface area contributed by atoms with Gasteiger partial charge in [-0.05, 0) is 55.2 Å². The molecular formula is C22H18F4N2O2. The molecule has 3 aromatic rings. The highest BCUT2D eigenvalue weighted by Gasteiger charge is 2.45. The summed E-state index contributed by atoms with van der Waals surface area (Å²) in [7, 11) is 0. The van der Waals surface area contributed by atoms with Crippen molar-refractivity contribution in [2.75, 3.05) is 11.4 Å². The van der Waals surface area contributed by atoms with E-state index < -0.39 is 24.0 Å². The van der Waals surface area contributed by atoms with Crippen LogP contribution in [0.2, 0.25) is 0 Å². The summed E-state index contributed by atoms with van der Waals surface area (Å²) in [5.41, 5.74) is 1.62. The first-order valence-corrected chi connectivity index (χ1v) is 9.51. The maximum absolute atomic E-state index is 13.8. The van der Waals surface area contributed by atoms with Crippen LogP contribution in [0.4, 0.5) is 23.2 Å². The number of halogens is 4. The molecule has 2 heterocycles. The van der Waals surface area contributed by atoms with Gasteiger partial charge in [0.25, 0.3) is 0 Å². The molecule has 1 aromatic heterocycles. The smallest absolute Gasteiger partial charge is 0.408 e. The van der Waals surface area contributed by atoms with E-state index >= 15 is 0 Å². The van der Waals surface area contributed by atoms with Crippen molar-refractivity contribution < 1.29 is 27.5 Å². The van der Waals surface area contributed by atoms with Gasteiger partial charge in [-0.25, -0.2) is 9.18 Å². The standard InChI is InChI=1S/C22H18F4N2O2/c23-15-7-4-13(5-8-15)20-16-11-14(21(29)30)6-9-17(16)27-12-18(20)28-10-2-1-3-19(28)22(24,25)26/h4-9,11-12,19H,1-3,10H2,(H,29,30)/t19-/m1/s1. The molecule has 8 heteroatoms. The lowest BCUT2D eigenvalue weighted by Crippen LogP contribution is -2.49. The van der Waals surface area contributed by atoms with Crippen molar-refractivity contribution in [3.63, 3.8) is 0 Å². The summed E-state index contributed by atoms with van der Waals surface area (Å²) < 4.78 is 54.8. The molecule has 1 fully saturated rings. The number of piperidine rings is 1. The number of aromatic carboxylic acids is 1. The number of hydrogen-bond donors (Lipinski definition) is 1. The number of nitrogens with zero attached hydrogens (tertiary/aromatic N) is 2. The van der Waals surface area contributed by atoms with E-state index in [4.69, 9.17) is 0 Å². The van der Waals surface area contributed by atoms with Crippen molar-refractivity contribution in [1.29, 1.82) is 0 Å². The first-order valence-electron chi connectivity index (χ1n) is 9.51. The first kappa shape index (κ1) is 20.1. The number of pyridine rings is 1. The van der Waals surface area contributed by atoms with Crippen LogP contribution < -0.4 is 4.90 Å². The molecule has 4 nitrogen and oxygen atoms in total. The van der Waals surface area contributed by atoms with Gasteiger partial charge in [-0.3, -0.25) is 4.98 Å². The SMILES string of the molecule is O=C(O)c1ccc2ncc(N3CCCC[C@@H]3C(F)(F)F)c(-c3ccc(F)cc3)c2c1. The van der Waals surface area contributed by atoms with Crippen LogP contribution in [0.25, 0.3) is 22.0 Å². The number of hydrogen-bond acceptors (Lipinski definition) is 3. The molecular weight excluding hydrogens is 400 g/mol. The Morgan fingerprint density at radius 1 is 1.10 bits per heavy atom. The number of carbonyl (C=O) groups is 1. The summed E-state index contributed by atoms with van der Waals surface area (Å²) in [6.07, 6.45) is -1.98. The summed E-state index contributed by atoms with van der Waals surface area (Å²) in [5, 5.41) is 9.79. The minimum Gasteiger partial charge on any atom is -0.478 e. The Hall–Kier alpha value is -3.16. The third-order valence-corrected chi connectivity index (χ3v) is 5.42. The van der Waals surface area contributed by atoms with Crippen LogP contribution >= 0.6 is 0 Å². The molecule has 2 aromatic carbocycles. The summed E-state index contributed by atoms with van der Waals surface area (Å²) in [4.78, 5) is 17.1. The van der Waals surface area contributed by atoms with Gasteiger partial charge in [-0.15, -0.1) is 0 Å². The van der Waals surface area contributed by atoms with Gasteiger partial charge in [0.15, 0.2) is 0 Å². The van der Waals surface area contributed by atoms with Crippen LogP contribution in [-0.4, -0.2) is 34.8 Å². The molecule has 1 saturated heterocycles. The lowest BCUT2D eigenvalue weighted by Gasteiger charge is -2.39. The number of carboxylic acid groups (broad SMARTS) is 1. The Labute approximate surface area is 169 Å². The largest absolute Gasteiger partial charge is 0.478 e. The highest BCUT2D eigenvalue weighted by atomic mass is 19.4. The van der Waals surface area contributed by atoms with Crippen molar-refractivity contribution >= 4 is 22.6 Å². The number of rotatable bonds is 3. The molecule has 0 bridgehead atoms. The van der Waals surface area contributed by atoms with Crippen LogP contribution in [0.5, 0.6) is 0 Å². The summed E-state index contributed by atoms with van der Waals surface area (Å²) in [6, 6.07) is 8.07. The molecule has 1 aliphatic rings. The lowest BCUT2D eigenvalue weighted by molar-refractivity contribution is -0.152. The van der Waals surface area contributed by atoms with E-state index in [1.54, 1.807) is 0 Å². The molecule has 0 spiro atoms. The zero-order valence-corrected chi connectivity index (χ0v) is 15.8. The second kappa shape index (κ2) is 7.59. The summed E-state index contributed by atoms with van der Waals surface area (Å²) >= 11 is 0. The van der Waals surface area contributed by atoms with Gasteiger partial charge in [0.05, 0.1) is 23.0 Å². The number of carboxylic acids is 1. The van der Waals surface area contributed by atoms with Gasteiger partial charge in [0, 0.05) is 17.5 Å². The van der Waals surface area contributed by atoms with Gasteiger partial charge in [0.1, 0.15) is 11.9 Å². The predicted octanol–water partition coefficient (Wildman–Crippen LogP) is 5.66. The Balaban J connectivity index is 2.00. The maximum Gasteiger partial charge on any atom is 0.408 e. The van der Waals surface area contributed by atoms with Gasteiger partial charge in [-0.2, -0.15) is 13.2 Å². The van der Waals surface area contributed by atoms with Crippen molar-refractivity contribution in [1.82, 2.24) is 4.98 Å². The third-order valence-electron chi connectivity index (χ3n) is 5.42.